The van der Waals surface area contributed by atoms with Gasteiger partial charge in [0.1, 0.15) is 0 Å². The number of nitrogens with one attached hydrogen (secondary N) is 2. The molecule has 2 rings (SSSR count). The molecule has 4 nitrogen and oxygen atoms in total. The summed E-state index contributed by atoms with van der Waals surface area (Å²) in [5, 5.41) is 10.9. The van der Waals surface area contributed by atoms with Gasteiger partial charge in [-0.3, -0.25) is 5.10 Å². The van der Waals surface area contributed by atoms with Crippen molar-refractivity contribution in [2.24, 2.45) is 0 Å². The minimum absolute atomic E-state index is 0.811. The van der Waals surface area contributed by atoms with Gasteiger partial charge in [-0.1, -0.05) is 0 Å². The smallest absolute Gasteiger partial charge is 0.0897 e. The molecule has 0 bridgehead atoms. The molecule has 0 aliphatic heterocycles. The van der Waals surface area contributed by atoms with Gasteiger partial charge in [-0.25, -0.2) is 4.98 Å². The molecule has 68 valence electrons. The monoisotopic (exact) mass is 194 g/mol. The van der Waals surface area contributed by atoms with Crippen LogP contribution in [0.25, 0.3) is 0 Å². The number of aromatic nitrogens is 3. The first-order valence-corrected chi connectivity index (χ1v) is 4.80. The standard InChI is InChI=1S/C8H10N4S/c1-6-9-4-8(13-6)5-10-7-2-11-12-3-7/h2-4,10H,5H2,1H3,(H,11,12). The highest BCUT2D eigenvalue weighted by Gasteiger charge is 1.97. The largest absolute Gasteiger partial charge is 0.378 e. The molecule has 0 radical (unpaired) electrons. The lowest BCUT2D eigenvalue weighted by atomic mass is 10.5. The van der Waals surface area contributed by atoms with Crippen molar-refractivity contribution in [3.05, 3.63) is 28.5 Å². The third-order valence-electron chi connectivity index (χ3n) is 1.63. The van der Waals surface area contributed by atoms with E-state index in [2.05, 4.69) is 20.5 Å². The van der Waals surface area contributed by atoms with Crippen LogP contribution in [0.15, 0.2) is 18.6 Å². The van der Waals surface area contributed by atoms with Gasteiger partial charge < -0.3 is 5.32 Å². The Kier molecular flexibility index (Phi) is 2.27. The quantitative estimate of drug-likeness (QED) is 0.783. The van der Waals surface area contributed by atoms with E-state index in [9.17, 15) is 0 Å². The van der Waals surface area contributed by atoms with E-state index in [1.165, 1.54) is 4.88 Å². The summed E-state index contributed by atoms with van der Waals surface area (Å²) in [6.07, 6.45) is 5.48. The van der Waals surface area contributed by atoms with E-state index in [1.54, 1.807) is 17.5 Å². The molecule has 0 aromatic carbocycles. The Morgan fingerprint density at radius 3 is 3.08 bits per heavy atom. The first-order chi connectivity index (χ1) is 6.34. The summed E-state index contributed by atoms with van der Waals surface area (Å²) in [5.41, 5.74) is 1.01. The third-order valence-corrected chi connectivity index (χ3v) is 2.55. The molecule has 2 N–H and O–H groups in total. The second-order valence-electron chi connectivity index (χ2n) is 2.69. The molecule has 0 aliphatic carbocycles. The highest BCUT2D eigenvalue weighted by atomic mass is 32.1. The first-order valence-electron chi connectivity index (χ1n) is 3.98. The number of thiazole rings is 1. The zero-order valence-corrected chi connectivity index (χ0v) is 8.06. The molecule has 0 saturated carbocycles. The fraction of sp³-hybridized carbons (Fsp3) is 0.250. The molecule has 0 fully saturated rings. The van der Waals surface area contributed by atoms with E-state index in [0.717, 1.165) is 17.2 Å². The lowest BCUT2D eigenvalue weighted by Crippen LogP contribution is -1.95. The maximum Gasteiger partial charge on any atom is 0.0897 e. The predicted molar refractivity (Wildman–Crippen MR) is 52.8 cm³/mol. The van der Waals surface area contributed by atoms with Crippen LogP contribution in [0.4, 0.5) is 5.69 Å². The average molecular weight is 194 g/mol. The normalized spacial score (nSPS) is 10.2. The van der Waals surface area contributed by atoms with Crippen molar-refractivity contribution in [2.45, 2.75) is 13.5 Å². The van der Waals surface area contributed by atoms with Gasteiger partial charge in [-0.2, -0.15) is 5.10 Å². The van der Waals surface area contributed by atoms with Crippen LogP contribution >= 0.6 is 11.3 Å². The Labute approximate surface area is 80.0 Å². The molecule has 0 atom stereocenters. The van der Waals surface area contributed by atoms with Crippen molar-refractivity contribution < 1.29 is 0 Å². The highest BCUT2D eigenvalue weighted by Crippen LogP contribution is 2.13. The molecule has 0 unspecified atom stereocenters. The molecule has 2 aromatic rings. The molecule has 0 saturated heterocycles. The van der Waals surface area contributed by atoms with Gasteiger partial charge in [0.15, 0.2) is 0 Å². The number of aromatic amines is 1. The van der Waals surface area contributed by atoms with E-state index < -0.39 is 0 Å². The number of hydrogen-bond acceptors (Lipinski definition) is 4. The van der Waals surface area contributed by atoms with Crippen LogP contribution in [-0.2, 0) is 6.54 Å². The van der Waals surface area contributed by atoms with Crippen molar-refractivity contribution in [3.8, 4) is 0 Å². The number of anilines is 1. The Morgan fingerprint density at radius 2 is 2.46 bits per heavy atom. The van der Waals surface area contributed by atoms with Gasteiger partial charge in [0, 0.05) is 17.3 Å². The van der Waals surface area contributed by atoms with Gasteiger partial charge in [-0.15, -0.1) is 11.3 Å². The van der Waals surface area contributed by atoms with Crippen LogP contribution in [-0.4, -0.2) is 15.2 Å². The number of aryl methyl sites for hydroxylation is 1. The van der Waals surface area contributed by atoms with Crippen LogP contribution < -0.4 is 5.32 Å². The van der Waals surface area contributed by atoms with Crippen molar-refractivity contribution in [3.63, 3.8) is 0 Å². The summed E-state index contributed by atoms with van der Waals surface area (Å²) in [5.74, 6) is 0. The van der Waals surface area contributed by atoms with E-state index in [0.29, 0.717) is 0 Å². The van der Waals surface area contributed by atoms with Crippen LogP contribution in [0.1, 0.15) is 9.88 Å². The minimum Gasteiger partial charge on any atom is -0.378 e. The lowest BCUT2D eigenvalue weighted by Gasteiger charge is -1.98. The zero-order valence-electron chi connectivity index (χ0n) is 7.24. The molecule has 13 heavy (non-hydrogen) atoms. The summed E-state index contributed by atoms with van der Waals surface area (Å²) in [6.45, 7) is 2.82. The fourth-order valence-electron chi connectivity index (χ4n) is 1.02. The minimum atomic E-state index is 0.811. The van der Waals surface area contributed by atoms with E-state index in [4.69, 9.17) is 0 Å². The van der Waals surface area contributed by atoms with Crippen LogP contribution in [0, 0.1) is 6.92 Å². The Hall–Kier alpha value is -1.36. The fourth-order valence-corrected chi connectivity index (χ4v) is 1.76. The summed E-state index contributed by atoms with van der Waals surface area (Å²) in [6, 6.07) is 0. The molecule has 0 spiro atoms. The molecular formula is C8H10N4S. The van der Waals surface area contributed by atoms with E-state index in [1.807, 2.05) is 19.3 Å². The van der Waals surface area contributed by atoms with Crippen LogP contribution in [0.2, 0.25) is 0 Å². The maximum absolute atomic E-state index is 4.17. The number of hydrogen-bond donors (Lipinski definition) is 2. The first kappa shape index (κ1) is 8.25. The van der Waals surface area contributed by atoms with E-state index >= 15 is 0 Å². The average Bonchev–Trinajstić information content (AvgIpc) is 2.71. The third kappa shape index (κ3) is 2.06. The van der Waals surface area contributed by atoms with E-state index in [-0.39, 0.29) is 0 Å². The summed E-state index contributed by atoms with van der Waals surface area (Å²) < 4.78 is 0. The van der Waals surface area contributed by atoms with Crippen molar-refractivity contribution in [2.75, 3.05) is 5.32 Å². The SMILES string of the molecule is Cc1ncc(CNc2cn[nH]c2)s1. The second-order valence-corrected chi connectivity index (χ2v) is 4.01. The van der Waals surface area contributed by atoms with Gasteiger partial charge in [0.05, 0.1) is 23.4 Å². The lowest BCUT2D eigenvalue weighted by molar-refractivity contribution is 1.09. The Morgan fingerprint density at radius 1 is 1.54 bits per heavy atom. The van der Waals surface area contributed by atoms with Crippen molar-refractivity contribution in [1.82, 2.24) is 15.2 Å². The van der Waals surface area contributed by atoms with Gasteiger partial charge in [-0.05, 0) is 6.92 Å². The molecule has 0 aliphatic rings. The number of rotatable bonds is 3. The molecule has 0 amide bonds. The Balaban J connectivity index is 1.93. The summed E-state index contributed by atoms with van der Waals surface area (Å²) in [7, 11) is 0. The highest BCUT2D eigenvalue weighted by molar-refractivity contribution is 7.11. The number of H-pyrrole nitrogens is 1. The number of nitrogens with zero attached hydrogens (tertiary/aromatic N) is 2. The molecule has 2 aromatic heterocycles. The zero-order chi connectivity index (χ0) is 9.10. The topological polar surface area (TPSA) is 53.6 Å². The second kappa shape index (κ2) is 3.57. The summed E-state index contributed by atoms with van der Waals surface area (Å²) in [4.78, 5) is 5.41. The van der Waals surface area contributed by atoms with Crippen molar-refractivity contribution in [1.29, 1.82) is 0 Å². The molecule has 5 heteroatoms. The van der Waals surface area contributed by atoms with Crippen LogP contribution in [0.5, 0.6) is 0 Å². The van der Waals surface area contributed by atoms with Gasteiger partial charge >= 0.3 is 0 Å². The van der Waals surface area contributed by atoms with Gasteiger partial charge in [0.25, 0.3) is 0 Å². The maximum atomic E-state index is 4.17. The van der Waals surface area contributed by atoms with Crippen molar-refractivity contribution >= 4 is 17.0 Å². The molecular weight excluding hydrogens is 184 g/mol. The predicted octanol–water partition coefficient (Wildman–Crippen LogP) is 1.79. The molecule has 2 heterocycles. The Bertz CT molecular complexity index is 365. The van der Waals surface area contributed by atoms with Crippen LogP contribution in [0.3, 0.4) is 0 Å². The van der Waals surface area contributed by atoms with Gasteiger partial charge in [0.2, 0.25) is 0 Å². The summed E-state index contributed by atoms with van der Waals surface area (Å²) >= 11 is 1.71.